The number of carbonyl (C=O) groups is 1. The molecule has 0 unspecified atom stereocenters. The van der Waals surface area contributed by atoms with Gasteiger partial charge >= 0.3 is 0 Å². The molecule has 0 saturated heterocycles. The van der Waals surface area contributed by atoms with Crippen LogP contribution in [0.2, 0.25) is 5.02 Å². The number of fused-ring (bicyclic) bond motifs is 1. The van der Waals surface area contributed by atoms with Crippen molar-refractivity contribution in [2.45, 2.75) is 26.8 Å². The molecule has 182 valence electrons. The number of nitrogens with zero attached hydrogens (tertiary/aromatic N) is 3. The van der Waals surface area contributed by atoms with Gasteiger partial charge in [-0.05, 0) is 102 Å². The van der Waals surface area contributed by atoms with Crippen LogP contribution in [0.25, 0.3) is 6.08 Å². The number of halogens is 3. The molecule has 4 rings (SSSR count). The van der Waals surface area contributed by atoms with E-state index in [2.05, 4.69) is 50.2 Å². The van der Waals surface area contributed by atoms with Gasteiger partial charge in [0.2, 0.25) is 0 Å². The van der Waals surface area contributed by atoms with Gasteiger partial charge in [-0.2, -0.15) is 0 Å². The van der Waals surface area contributed by atoms with Crippen LogP contribution in [0.5, 0.6) is 5.75 Å². The van der Waals surface area contributed by atoms with Crippen molar-refractivity contribution < 1.29 is 9.90 Å². The number of carbonyl (C=O) groups excluding carboxylic acids is 1. The third-order valence-corrected chi connectivity index (χ3v) is 8.51. The van der Waals surface area contributed by atoms with E-state index in [1.54, 1.807) is 27.7 Å². The Labute approximate surface area is 238 Å². The summed E-state index contributed by atoms with van der Waals surface area (Å²) in [5.41, 5.74) is 2.13. The van der Waals surface area contributed by atoms with Crippen molar-refractivity contribution in [1.82, 2.24) is 9.47 Å². The molecule has 0 fully saturated rings. The number of allylic oxidation sites excluding steroid dienone is 1. The minimum absolute atomic E-state index is 0.125. The highest BCUT2D eigenvalue weighted by Gasteiger charge is 2.34. The Morgan fingerprint density at radius 2 is 1.89 bits per heavy atom. The molecule has 1 aliphatic rings. The predicted molar refractivity (Wildman–Crippen MR) is 157 cm³/mol. The fraction of sp³-hybridized carbons (Fsp3) is 0.240. The predicted octanol–water partition coefficient (Wildman–Crippen LogP) is 4.67. The molecule has 6 nitrogen and oxygen atoms in total. The molecule has 1 aromatic heterocycles. The Morgan fingerprint density at radius 3 is 2.51 bits per heavy atom. The molecule has 1 amide bonds. The van der Waals surface area contributed by atoms with E-state index >= 15 is 0 Å². The van der Waals surface area contributed by atoms with E-state index in [-0.39, 0.29) is 17.2 Å². The van der Waals surface area contributed by atoms with Crippen molar-refractivity contribution >= 4 is 80.1 Å². The van der Waals surface area contributed by atoms with Gasteiger partial charge < -0.3 is 10.0 Å². The van der Waals surface area contributed by atoms with Crippen molar-refractivity contribution in [2.24, 2.45) is 4.99 Å². The molecule has 0 saturated carbocycles. The maximum Gasteiger partial charge on any atom is 0.271 e. The summed E-state index contributed by atoms with van der Waals surface area (Å²) in [7, 11) is 0. The quantitative estimate of drug-likeness (QED) is 0.388. The van der Waals surface area contributed by atoms with E-state index in [0.717, 1.165) is 9.13 Å². The molecular formula is C25H22ClI2N3O3S. The zero-order valence-corrected chi connectivity index (χ0v) is 25.1. The normalized spacial score (nSPS) is 15.7. The van der Waals surface area contributed by atoms with E-state index in [1.807, 2.05) is 45.0 Å². The monoisotopic (exact) mass is 733 g/mol. The van der Waals surface area contributed by atoms with Crippen LogP contribution < -0.4 is 14.9 Å². The fourth-order valence-corrected chi connectivity index (χ4v) is 7.13. The van der Waals surface area contributed by atoms with Gasteiger partial charge in [0.25, 0.3) is 11.5 Å². The average Bonchev–Trinajstić information content (AvgIpc) is 3.12. The Morgan fingerprint density at radius 1 is 1.23 bits per heavy atom. The molecule has 1 atom stereocenters. The number of aromatic hydroxyl groups is 1. The lowest BCUT2D eigenvalue weighted by Crippen LogP contribution is -2.43. The zero-order chi connectivity index (χ0) is 25.4. The number of thiazole rings is 1. The van der Waals surface area contributed by atoms with Crippen LogP contribution in [0.3, 0.4) is 0 Å². The van der Waals surface area contributed by atoms with Crippen molar-refractivity contribution in [3.63, 3.8) is 0 Å². The minimum Gasteiger partial charge on any atom is -0.506 e. The second-order valence-corrected chi connectivity index (χ2v) is 11.8. The third-order valence-electron chi connectivity index (χ3n) is 5.83. The number of aromatic nitrogens is 1. The average molecular weight is 734 g/mol. The SMILES string of the molecule is CCN(CC)C(=O)C1=C(C)N=c2s/c(=C/c3cc(I)cc(I)c3O)c(=O)n2[C@H]1c1ccc(Cl)cc1. The number of amides is 1. The van der Waals surface area contributed by atoms with Gasteiger partial charge in [0.15, 0.2) is 4.80 Å². The van der Waals surface area contributed by atoms with Crippen LogP contribution in [0.15, 0.2) is 57.5 Å². The number of hydrogen-bond acceptors (Lipinski definition) is 5. The van der Waals surface area contributed by atoms with E-state index in [1.165, 1.54) is 11.3 Å². The highest BCUT2D eigenvalue weighted by Crippen LogP contribution is 2.32. The van der Waals surface area contributed by atoms with E-state index < -0.39 is 6.04 Å². The lowest BCUT2D eigenvalue weighted by atomic mass is 9.94. The summed E-state index contributed by atoms with van der Waals surface area (Å²) in [4.78, 5) is 34.3. The van der Waals surface area contributed by atoms with Gasteiger partial charge in [-0.1, -0.05) is 35.1 Å². The van der Waals surface area contributed by atoms with E-state index in [9.17, 15) is 14.7 Å². The first kappa shape index (κ1) is 26.4. The smallest absolute Gasteiger partial charge is 0.271 e. The van der Waals surface area contributed by atoms with Crippen molar-refractivity contribution in [3.05, 3.63) is 90.6 Å². The molecule has 2 aromatic carbocycles. The molecule has 35 heavy (non-hydrogen) atoms. The van der Waals surface area contributed by atoms with Gasteiger partial charge in [-0.25, -0.2) is 4.99 Å². The summed E-state index contributed by atoms with van der Waals surface area (Å²) in [6.07, 6.45) is 1.69. The van der Waals surface area contributed by atoms with Gasteiger partial charge in [0.05, 0.1) is 25.4 Å². The van der Waals surface area contributed by atoms with Crippen molar-refractivity contribution in [2.75, 3.05) is 13.1 Å². The summed E-state index contributed by atoms with van der Waals surface area (Å²) < 4.78 is 3.67. The Hall–Kier alpha value is -1.70. The molecule has 0 radical (unpaired) electrons. The molecular weight excluding hydrogens is 712 g/mol. The Kier molecular flexibility index (Phi) is 8.08. The highest BCUT2D eigenvalue weighted by molar-refractivity contribution is 14.1. The molecule has 2 heterocycles. The van der Waals surface area contributed by atoms with Gasteiger partial charge in [0, 0.05) is 27.2 Å². The largest absolute Gasteiger partial charge is 0.506 e. The number of likely N-dealkylation sites (N-methyl/N-ethyl adjacent to an activating group) is 1. The Bertz CT molecular complexity index is 1520. The molecule has 3 aromatic rings. The second kappa shape index (κ2) is 10.7. The van der Waals surface area contributed by atoms with E-state index in [0.29, 0.717) is 47.8 Å². The van der Waals surface area contributed by atoms with Crippen molar-refractivity contribution in [3.8, 4) is 5.75 Å². The number of phenols is 1. The molecule has 1 aliphatic heterocycles. The van der Waals surface area contributed by atoms with Crippen LogP contribution in [0.4, 0.5) is 0 Å². The summed E-state index contributed by atoms with van der Waals surface area (Å²) in [6, 6.07) is 10.3. The summed E-state index contributed by atoms with van der Waals surface area (Å²) in [6.45, 7) is 6.77. The second-order valence-electron chi connectivity index (χ2n) is 7.94. The lowest BCUT2D eigenvalue weighted by molar-refractivity contribution is -0.127. The molecule has 0 spiro atoms. The number of rotatable bonds is 5. The van der Waals surface area contributed by atoms with Crippen molar-refractivity contribution in [1.29, 1.82) is 0 Å². The van der Waals surface area contributed by atoms with Crippen LogP contribution in [0, 0.1) is 7.14 Å². The minimum atomic E-state index is -0.636. The maximum atomic E-state index is 13.8. The number of hydrogen-bond donors (Lipinski definition) is 1. The third kappa shape index (κ3) is 5.09. The summed E-state index contributed by atoms with van der Waals surface area (Å²) in [5, 5.41) is 11.1. The lowest BCUT2D eigenvalue weighted by Gasteiger charge is -2.29. The zero-order valence-electron chi connectivity index (χ0n) is 19.2. The van der Waals surface area contributed by atoms with E-state index in [4.69, 9.17) is 11.6 Å². The highest BCUT2D eigenvalue weighted by atomic mass is 127. The standard InChI is InChI=1S/C25H22ClI2N3O3S/c1-4-30(5-2)24(34)20-13(3)29-25-31(21(20)14-6-8-16(26)9-7-14)23(33)19(35-25)11-15-10-17(27)12-18(28)22(15)32/h6-12,21,32H,4-5H2,1-3H3/b19-11+/t21-/m0/s1. The molecule has 10 heteroatoms. The van der Waals surface area contributed by atoms with Gasteiger partial charge in [-0.15, -0.1) is 0 Å². The van der Waals surface area contributed by atoms with Crippen LogP contribution >= 0.6 is 68.1 Å². The Balaban J connectivity index is 1.99. The fourth-order valence-electron chi connectivity index (χ4n) is 4.07. The van der Waals surface area contributed by atoms with Crippen LogP contribution in [0.1, 0.15) is 37.9 Å². The first-order valence-electron chi connectivity index (χ1n) is 10.9. The summed E-state index contributed by atoms with van der Waals surface area (Å²) in [5.74, 6) is -0.0185. The first-order valence-corrected chi connectivity index (χ1v) is 14.3. The number of benzene rings is 2. The van der Waals surface area contributed by atoms with Crippen LogP contribution in [-0.2, 0) is 4.79 Å². The topological polar surface area (TPSA) is 74.9 Å². The van der Waals surface area contributed by atoms with Gasteiger partial charge in [-0.3, -0.25) is 14.2 Å². The maximum absolute atomic E-state index is 13.8. The molecule has 0 aliphatic carbocycles. The molecule has 1 N–H and O–H groups in total. The molecule has 0 bridgehead atoms. The summed E-state index contributed by atoms with van der Waals surface area (Å²) >= 11 is 11.6. The van der Waals surface area contributed by atoms with Crippen LogP contribution in [-0.4, -0.2) is 33.6 Å². The first-order chi connectivity index (χ1) is 16.7. The van der Waals surface area contributed by atoms with Gasteiger partial charge in [0.1, 0.15) is 5.75 Å². The number of phenolic OH excluding ortho intramolecular Hbond substituents is 1.